The minimum atomic E-state index is -3.49. The predicted molar refractivity (Wildman–Crippen MR) is 80.9 cm³/mol. The molecule has 22 heavy (non-hydrogen) atoms. The van der Waals surface area contributed by atoms with Crippen LogP contribution in [0.2, 0.25) is 0 Å². The summed E-state index contributed by atoms with van der Waals surface area (Å²) in [6.45, 7) is 2.10. The van der Waals surface area contributed by atoms with Crippen molar-refractivity contribution in [2.75, 3.05) is 0 Å². The van der Waals surface area contributed by atoms with Gasteiger partial charge in [-0.15, -0.1) is 5.10 Å². The van der Waals surface area contributed by atoms with Crippen LogP contribution < -0.4 is 4.72 Å². The fourth-order valence-corrected chi connectivity index (χ4v) is 4.20. The lowest BCUT2D eigenvalue weighted by Gasteiger charge is -2.29. The van der Waals surface area contributed by atoms with Gasteiger partial charge in [0.25, 0.3) is 0 Å². The molecular formula is C14H19N5O2S. The summed E-state index contributed by atoms with van der Waals surface area (Å²) in [5.41, 5.74) is 0.718. The van der Waals surface area contributed by atoms with Crippen molar-refractivity contribution >= 4 is 10.0 Å². The number of nitrogens with zero attached hydrogens (tertiary/aromatic N) is 4. The molecule has 1 aliphatic rings. The topological polar surface area (TPSA) is 89.8 Å². The first-order valence-electron chi connectivity index (χ1n) is 7.42. The van der Waals surface area contributed by atoms with Crippen LogP contribution in [0.5, 0.6) is 0 Å². The monoisotopic (exact) mass is 321 g/mol. The Morgan fingerprint density at radius 1 is 1.18 bits per heavy atom. The maximum absolute atomic E-state index is 12.5. The molecule has 1 fully saturated rings. The van der Waals surface area contributed by atoms with Gasteiger partial charge in [-0.3, -0.25) is 0 Å². The van der Waals surface area contributed by atoms with Crippen LogP contribution in [0.3, 0.4) is 0 Å². The van der Waals surface area contributed by atoms with Crippen molar-refractivity contribution in [1.29, 1.82) is 0 Å². The third-order valence-corrected chi connectivity index (χ3v) is 5.68. The smallest absolute Gasteiger partial charge is 0.208 e. The number of tetrazole rings is 1. The number of hydrogen-bond acceptors (Lipinski definition) is 5. The highest BCUT2D eigenvalue weighted by Gasteiger charge is 2.26. The van der Waals surface area contributed by atoms with Gasteiger partial charge in [-0.1, -0.05) is 19.8 Å². The van der Waals surface area contributed by atoms with Gasteiger partial charge >= 0.3 is 0 Å². The zero-order chi connectivity index (χ0) is 15.6. The number of benzene rings is 1. The highest BCUT2D eigenvalue weighted by Crippen LogP contribution is 2.25. The van der Waals surface area contributed by atoms with E-state index in [-0.39, 0.29) is 10.9 Å². The second-order valence-electron chi connectivity index (χ2n) is 5.74. The molecule has 1 aliphatic carbocycles. The van der Waals surface area contributed by atoms with Gasteiger partial charge in [0.05, 0.1) is 10.6 Å². The lowest BCUT2D eigenvalue weighted by molar-refractivity contribution is 0.310. The molecule has 0 spiro atoms. The summed E-state index contributed by atoms with van der Waals surface area (Å²) in [6.07, 6.45) is 5.70. The summed E-state index contributed by atoms with van der Waals surface area (Å²) in [6, 6.07) is 6.56. The van der Waals surface area contributed by atoms with Gasteiger partial charge in [0, 0.05) is 6.04 Å². The standard InChI is InChI=1S/C14H19N5O2S/c1-11-4-2-3-5-14(11)16-22(20,21)13-8-6-12(7-9-13)19-10-15-17-18-19/h6-11,14,16H,2-5H2,1H3/t11-,14-/m1/s1. The molecule has 0 bridgehead atoms. The molecule has 0 amide bonds. The number of hydrogen-bond donors (Lipinski definition) is 1. The van der Waals surface area contributed by atoms with E-state index in [2.05, 4.69) is 27.2 Å². The molecule has 2 atom stereocenters. The third-order valence-electron chi connectivity index (χ3n) is 4.18. The average molecular weight is 321 g/mol. The van der Waals surface area contributed by atoms with Crippen LogP contribution in [0.25, 0.3) is 5.69 Å². The first-order chi connectivity index (χ1) is 10.6. The van der Waals surface area contributed by atoms with Crippen LogP contribution in [-0.4, -0.2) is 34.7 Å². The molecule has 2 aromatic rings. The lowest BCUT2D eigenvalue weighted by atomic mass is 9.87. The Labute approximate surface area is 129 Å². The van der Waals surface area contributed by atoms with Gasteiger partial charge < -0.3 is 0 Å². The molecule has 1 aromatic heterocycles. The molecule has 1 saturated carbocycles. The van der Waals surface area contributed by atoms with E-state index >= 15 is 0 Å². The Morgan fingerprint density at radius 3 is 2.55 bits per heavy atom. The molecule has 0 unspecified atom stereocenters. The van der Waals surface area contributed by atoms with E-state index < -0.39 is 10.0 Å². The van der Waals surface area contributed by atoms with Crippen molar-refractivity contribution in [3.63, 3.8) is 0 Å². The number of sulfonamides is 1. The van der Waals surface area contributed by atoms with Gasteiger partial charge in [-0.2, -0.15) is 0 Å². The van der Waals surface area contributed by atoms with E-state index in [1.807, 2.05) is 0 Å². The Morgan fingerprint density at radius 2 is 1.91 bits per heavy atom. The van der Waals surface area contributed by atoms with Crippen molar-refractivity contribution in [3.8, 4) is 5.69 Å². The minimum Gasteiger partial charge on any atom is -0.208 e. The van der Waals surface area contributed by atoms with E-state index in [0.29, 0.717) is 5.92 Å². The number of aromatic nitrogens is 4. The maximum Gasteiger partial charge on any atom is 0.240 e. The first kappa shape index (κ1) is 15.1. The van der Waals surface area contributed by atoms with Crippen molar-refractivity contribution in [2.24, 2.45) is 5.92 Å². The lowest BCUT2D eigenvalue weighted by Crippen LogP contribution is -2.40. The van der Waals surface area contributed by atoms with Crippen LogP contribution in [0, 0.1) is 5.92 Å². The van der Waals surface area contributed by atoms with E-state index in [1.54, 1.807) is 24.3 Å². The van der Waals surface area contributed by atoms with Crippen molar-refractivity contribution in [2.45, 2.75) is 43.5 Å². The molecule has 1 heterocycles. The summed E-state index contributed by atoms with van der Waals surface area (Å²) in [5.74, 6) is 0.379. The molecule has 0 radical (unpaired) electrons. The van der Waals surface area contributed by atoms with Crippen LogP contribution in [0.1, 0.15) is 32.6 Å². The highest BCUT2D eigenvalue weighted by atomic mass is 32.2. The Bertz CT molecular complexity index is 712. The van der Waals surface area contributed by atoms with Crippen LogP contribution in [-0.2, 0) is 10.0 Å². The zero-order valence-electron chi connectivity index (χ0n) is 12.4. The minimum absolute atomic E-state index is 0.0259. The van der Waals surface area contributed by atoms with E-state index in [4.69, 9.17) is 0 Å². The van der Waals surface area contributed by atoms with Crippen molar-refractivity contribution < 1.29 is 8.42 Å². The third kappa shape index (κ3) is 3.17. The number of nitrogens with one attached hydrogen (secondary N) is 1. The second kappa shape index (κ2) is 6.13. The normalized spacial score (nSPS) is 22.6. The second-order valence-corrected chi connectivity index (χ2v) is 7.45. The average Bonchev–Trinajstić information content (AvgIpc) is 3.04. The Balaban J connectivity index is 1.77. The molecule has 3 rings (SSSR count). The molecule has 1 N–H and O–H groups in total. The molecular weight excluding hydrogens is 302 g/mol. The number of rotatable bonds is 4. The Kier molecular flexibility index (Phi) is 4.21. The summed E-state index contributed by atoms with van der Waals surface area (Å²) < 4.78 is 29.3. The van der Waals surface area contributed by atoms with Crippen molar-refractivity contribution in [3.05, 3.63) is 30.6 Å². The van der Waals surface area contributed by atoms with Gasteiger partial charge in [-0.05, 0) is 53.5 Å². The van der Waals surface area contributed by atoms with E-state index in [9.17, 15) is 8.42 Å². The van der Waals surface area contributed by atoms with E-state index in [1.165, 1.54) is 17.4 Å². The fraction of sp³-hybridized carbons (Fsp3) is 0.500. The SMILES string of the molecule is C[C@@H]1CCCC[C@H]1NS(=O)(=O)c1ccc(-n2cnnn2)cc1. The first-order valence-corrected chi connectivity index (χ1v) is 8.90. The van der Waals surface area contributed by atoms with Gasteiger partial charge in [0.1, 0.15) is 6.33 Å². The highest BCUT2D eigenvalue weighted by molar-refractivity contribution is 7.89. The van der Waals surface area contributed by atoms with Crippen LogP contribution in [0.4, 0.5) is 0 Å². The summed E-state index contributed by atoms with van der Waals surface area (Å²) in [4.78, 5) is 0.266. The van der Waals surface area contributed by atoms with Gasteiger partial charge in [0.2, 0.25) is 10.0 Å². The van der Waals surface area contributed by atoms with Crippen LogP contribution >= 0.6 is 0 Å². The molecule has 0 saturated heterocycles. The van der Waals surface area contributed by atoms with Gasteiger partial charge in [0.15, 0.2) is 0 Å². The summed E-state index contributed by atoms with van der Waals surface area (Å²) >= 11 is 0. The quantitative estimate of drug-likeness (QED) is 0.922. The Hall–Kier alpha value is -1.80. The molecule has 8 heteroatoms. The predicted octanol–water partition coefficient (Wildman–Crippen LogP) is 1.52. The largest absolute Gasteiger partial charge is 0.240 e. The molecule has 0 aliphatic heterocycles. The summed E-state index contributed by atoms with van der Waals surface area (Å²) in [7, 11) is -3.49. The van der Waals surface area contributed by atoms with Crippen LogP contribution in [0.15, 0.2) is 35.5 Å². The fourth-order valence-electron chi connectivity index (χ4n) is 2.82. The molecule has 1 aromatic carbocycles. The zero-order valence-corrected chi connectivity index (χ0v) is 13.2. The van der Waals surface area contributed by atoms with Crippen molar-refractivity contribution in [1.82, 2.24) is 24.9 Å². The van der Waals surface area contributed by atoms with E-state index in [0.717, 1.165) is 24.9 Å². The summed E-state index contributed by atoms with van der Waals surface area (Å²) in [5, 5.41) is 10.9. The molecule has 118 valence electrons. The molecule has 7 nitrogen and oxygen atoms in total. The van der Waals surface area contributed by atoms with Gasteiger partial charge in [-0.25, -0.2) is 17.8 Å². The maximum atomic E-state index is 12.5.